The molecule has 1 aliphatic heterocycles. The summed E-state index contributed by atoms with van der Waals surface area (Å²) in [6.45, 7) is 1.43. The van der Waals surface area contributed by atoms with E-state index in [4.69, 9.17) is 5.73 Å². The van der Waals surface area contributed by atoms with Gasteiger partial charge in [-0.05, 0) is 0 Å². The molecule has 1 aromatic heterocycles. The summed E-state index contributed by atoms with van der Waals surface area (Å²) in [6, 6.07) is 0. The van der Waals surface area contributed by atoms with Crippen molar-refractivity contribution in [2.24, 2.45) is 5.73 Å². The van der Waals surface area contributed by atoms with Crippen LogP contribution in [-0.2, 0) is 17.8 Å². The van der Waals surface area contributed by atoms with E-state index in [0.29, 0.717) is 6.54 Å². The Hall–Kier alpha value is -1.36. The van der Waals surface area contributed by atoms with Crippen LogP contribution in [0.25, 0.3) is 0 Å². The number of amides is 1. The van der Waals surface area contributed by atoms with Gasteiger partial charge >= 0.3 is 0 Å². The third-order valence-corrected chi connectivity index (χ3v) is 2.30. The Morgan fingerprint density at radius 3 is 3.38 bits per heavy atom. The molecule has 0 spiro atoms. The van der Waals surface area contributed by atoms with Gasteiger partial charge in [0, 0.05) is 13.0 Å². The van der Waals surface area contributed by atoms with E-state index in [0.717, 1.165) is 24.4 Å². The molecule has 13 heavy (non-hydrogen) atoms. The van der Waals surface area contributed by atoms with E-state index >= 15 is 0 Å². The maximum absolute atomic E-state index is 11.3. The predicted octanol–water partition coefficient (Wildman–Crippen LogP) is -0.747. The van der Waals surface area contributed by atoms with Crippen LogP contribution in [0.15, 0.2) is 6.33 Å². The average Bonchev–Trinajstić information content (AvgIpc) is 2.63. The molecular formula is C8H12N4O. The van der Waals surface area contributed by atoms with Crippen molar-refractivity contribution >= 4 is 5.91 Å². The molecule has 2 rings (SSSR count). The van der Waals surface area contributed by atoms with E-state index in [2.05, 4.69) is 9.97 Å². The molecule has 70 valence electrons. The molecule has 0 aromatic carbocycles. The number of aromatic amines is 1. The quantitative estimate of drug-likeness (QED) is 0.597. The van der Waals surface area contributed by atoms with Crippen molar-refractivity contribution in [1.82, 2.24) is 14.9 Å². The van der Waals surface area contributed by atoms with Crippen LogP contribution in [0.1, 0.15) is 11.4 Å². The highest BCUT2D eigenvalue weighted by Crippen LogP contribution is 2.14. The van der Waals surface area contributed by atoms with Gasteiger partial charge in [0.05, 0.1) is 30.8 Å². The van der Waals surface area contributed by atoms with Crippen molar-refractivity contribution < 1.29 is 4.79 Å². The fourth-order valence-corrected chi connectivity index (χ4v) is 1.55. The molecular weight excluding hydrogens is 168 g/mol. The Labute approximate surface area is 75.9 Å². The van der Waals surface area contributed by atoms with Gasteiger partial charge in [-0.3, -0.25) is 4.79 Å². The van der Waals surface area contributed by atoms with Crippen LogP contribution in [0.4, 0.5) is 0 Å². The molecule has 1 aromatic rings. The second kappa shape index (κ2) is 3.18. The number of hydrogen-bond acceptors (Lipinski definition) is 3. The topological polar surface area (TPSA) is 75.0 Å². The molecule has 0 saturated heterocycles. The summed E-state index contributed by atoms with van der Waals surface area (Å²) >= 11 is 0. The molecule has 0 saturated carbocycles. The SMILES string of the molecule is NCC(=O)N1CCc2nc[nH]c2C1. The van der Waals surface area contributed by atoms with E-state index in [-0.39, 0.29) is 12.5 Å². The monoisotopic (exact) mass is 180 g/mol. The molecule has 0 atom stereocenters. The van der Waals surface area contributed by atoms with Crippen LogP contribution in [0, 0.1) is 0 Å². The van der Waals surface area contributed by atoms with Gasteiger partial charge in [0.15, 0.2) is 0 Å². The Morgan fingerprint density at radius 2 is 2.62 bits per heavy atom. The van der Waals surface area contributed by atoms with E-state index in [1.54, 1.807) is 11.2 Å². The Bertz CT molecular complexity index is 320. The molecule has 2 heterocycles. The Morgan fingerprint density at radius 1 is 1.77 bits per heavy atom. The molecule has 0 fully saturated rings. The molecule has 5 heteroatoms. The van der Waals surface area contributed by atoms with Gasteiger partial charge in [-0.1, -0.05) is 0 Å². The normalized spacial score (nSPS) is 15.6. The first-order valence-electron chi connectivity index (χ1n) is 4.30. The molecule has 0 bridgehead atoms. The first-order chi connectivity index (χ1) is 6.31. The van der Waals surface area contributed by atoms with E-state index in [9.17, 15) is 4.79 Å². The largest absolute Gasteiger partial charge is 0.347 e. The number of hydrogen-bond donors (Lipinski definition) is 2. The van der Waals surface area contributed by atoms with Crippen LogP contribution in [-0.4, -0.2) is 33.9 Å². The van der Waals surface area contributed by atoms with Crippen LogP contribution in [0.2, 0.25) is 0 Å². The zero-order chi connectivity index (χ0) is 9.26. The van der Waals surface area contributed by atoms with Crippen molar-refractivity contribution in [1.29, 1.82) is 0 Å². The molecule has 3 N–H and O–H groups in total. The molecule has 0 unspecified atom stereocenters. The Kier molecular flexibility index (Phi) is 2.02. The summed E-state index contributed by atoms with van der Waals surface area (Å²) in [6.07, 6.45) is 2.49. The smallest absolute Gasteiger partial charge is 0.236 e. The summed E-state index contributed by atoms with van der Waals surface area (Å²) < 4.78 is 0. The highest BCUT2D eigenvalue weighted by atomic mass is 16.2. The lowest BCUT2D eigenvalue weighted by atomic mass is 10.1. The summed E-state index contributed by atoms with van der Waals surface area (Å²) in [5.41, 5.74) is 7.39. The van der Waals surface area contributed by atoms with Crippen molar-refractivity contribution in [3.05, 3.63) is 17.7 Å². The molecule has 0 radical (unpaired) electrons. The van der Waals surface area contributed by atoms with Crippen LogP contribution in [0.5, 0.6) is 0 Å². The van der Waals surface area contributed by atoms with Gasteiger partial charge in [-0.15, -0.1) is 0 Å². The van der Waals surface area contributed by atoms with Gasteiger partial charge in [0.25, 0.3) is 0 Å². The fraction of sp³-hybridized carbons (Fsp3) is 0.500. The zero-order valence-electron chi connectivity index (χ0n) is 7.29. The van der Waals surface area contributed by atoms with Gasteiger partial charge in [-0.2, -0.15) is 0 Å². The zero-order valence-corrected chi connectivity index (χ0v) is 7.29. The minimum Gasteiger partial charge on any atom is -0.347 e. The standard InChI is InChI=1S/C8H12N4O/c9-3-8(13)12-2-1-6-7(4-12)11-5-10-6/h5H,1-4,9H2,(H,10,11). The number of nitrogens with one attached hydrogen (secondary N) is 1. The van der Waals surface area contributed by atoms with Gasteiger partial charge in [0.1, 0.15) is 0 Å². The fourth-order valence-electron chi connectivity index (χ4n) is 1.55. The summed E-state index contributed by atoms with van der Waals surface area (Å²) in [7, 11) is 0. The van der Waals surface area contributed by atoms with Crippen molar-refractivity contribution in [3.8, 4) is 0 Å². The molecule has 5 nitrogen and oxygen atoms in total. The van der Waals surface area contributed by atoms with Gasteiger partial charge in [0.2, 0.25) is 5.91 Å². The lowest BCUT2D eigenvalue weighted by Crippen LogP contribution is -2.39. The summed E-state index contributed by atoms with van der Waals surface area (Å²) in [5.74, 6) is 0.000231. The maximum atomic E-state index is 11.3. The molecule has 0 aliphatic carbocycles. The third-order valence-electron chi connectivity index (χ3n) is 2.30. The number of carbonyl (C=O) groups excluding carboxylic acids is 1. The number of nitrogens with two attached hydrogens (primary N) is 1. The predicted molar refractivity (Wildman–Crippen MR) is 46.8 cm³/mol. The lowest BCUT2D eigenvalue weighted by Gasteiger charge is -2.25. The maximum Gasteiger partial charge on any atom is 0.236 e. The van der Waals surface area contributed by atoms with E-state index in [1.165, 1.54) is 0 Å². The summed E-state index contributed by atoms with van der Waals surface area (Å²) in [4.78, 5) is 20.2. The number of nitrogens with zero attached hydrogens (tertiary/aromatic N) is 2. The van der Waals surface area contributed by atoms with Crippen LogP contribution < -0.4 is 5.73 Å². The van der Waals surface area contributed by atoms with Crippen LogP contribution >= 0.6 is 0 Å². The number of H-pyrrole nitrogens is 1. The van der Waals surface area contributed by atoms with Gasteiger partial charge in [-0.25, -0.2) is 4.98 Å². The first kappa shape index (κ1) is 8.25. The van der Waals surface area contributed by atoms with Crippen molar-refractivity contribution in [2.75, 3.05) is 13.1 Å². The summed E-state index contributed by atoms with van der Waals surface area (Å²) in [5, 5.41) is 0. The van der Waals surface area contributed by atoms with Crippen molar-refractivity contribution in [2.45, 2.75) is 13.0 Å². The minimum atomic E-state index is 0.000231. The number of imidazole rings is 1. The van der Waals surface area contributed by atoms with Gasteiger partial charge < -0.3 is 15.6 Å². The second-order valence-electron chi connectivity index (χ2n) is 3.10. The third kappa shape index (κ3) is 1.42. The number of aromatic nitrogens is 2. The molecule has 1 aliphatic rings. The van der Waals surface area contributed by atoms with Crippen molar-refractivity contribution in [3.63, 3.8) is 0 Å². The average molecular weight is 180 g/mol. The van der Waals surface area contributed by atoms with E-state index < -0.39 is 0 Å². The second-order valence-corrected chi connectivity index (χ2v) is 3.10. The number of fused-ring (bicyclic) bond motifs is 1. The minimum absolute atomic E-state index is 0.000231. The number of carbonyl (C=O) groups is 1. The van der Waals surface area contributed by atoms with E-state index in [1.807, 2.05) is 0 Å². The highest BCUT2D eigenvalue weighted by Gasteiger charge is 2.20. The highest BCUT2D eigenvalue weighted by molar-refractivity contribution is 5.78. The first-order valence-corrected chi connectivity index (χ1v) is 4.30. The molecule has 1 amide bonds. The number of rotatable bonds is 1. The lowest BCUT2D eigenvalue weighted by molar-refractivity contribution is -0.130. The Balaban J connectivity index is 2.13. The van der Waals surface area contributed by atoms with Crippen LogP contribution in [0.3, 0.4) is 0 Å².